The summed E-state index contributed by atoms with van der Waals surface area (Å²) >= 11 is 0. The van der Waals surface area contributed by atoms with Gasteiger partial charge in [-0.2, -0.15) is 0 Å². The van der Waals surface area contributed by atoms with Gasteiger partial charge in [0.15, 0.2) is 0 Å². The van der Waals surface area contributed by atoms with E-state index < -0.39 is 0 Å². The molecule has 0 unspecified atom stereocenters. The van der Waals surface area contributed by atoms with Gasteiger partial charge in [0.05, 0.1) is 5.69 Å². The van der Waals surface area contributed by atoms with Crippen LogP contribution in [0.5, 0.6) is 0 Å². The molecule has 0 atom stereocenters. The number of ketones is 1. The Labute approximate surface area is 84.7 Å². The van der Waals surface area contributed by atoms with E-state index in [1.807, 2.05) is 38.1 Å². The molecule has 0 spiro atoms. The zero-order chi connectivity index (χ0) is 10.6. The fraction of sp³-hybridized carbons (Fsp3) is 0.333. The van der Waals surface area contributed by atoms with E-state index in [4.69, 9.17) is 0 Å². The topological polar surface area (TPSA) is 29.4 Å². The molecule has 0 heterocycles. The van der Waals surface area contributed by atoms with E-state index in [0.29, 0.717) is 6.42 Å². The monoisotopic (exact) mass is 189 g/mol. The minimum atomic E-state index is 0.188. The molecule has 1 aromatic carbocycles. The largest absolute Gasteiger partial charge is 0.300 e. The summed E-state index contributed by atoms with van der Waals surface area (Å²) in [5.41, 5.74) is 3.02. The molecule has 0 N–H and O–H groups in total. The molecule has 2 heteroatoms. The lowest BCUT2D eigenvalue weighted by atomic mass is 10.1. The van der Waals surface area contributed by atoms with E-state index in [1.165, 1.54) is 0 Å². The van der Waals surface area contributed by atoms with Crippen molar-refractivity contribution in [3.05, 3.63) is 29.8 Å². The van der Waals surface area contributed by atoms with E-state index in [2.05, 4.69) is 4.99 Å². The van der Waals surface area contributed by atoms with Gasteiger partial charge in [-0.1, -0.05) is 12.1 Å². The molecule has 0 amide bonds. The standard InChI is InChI=1S/C12H15NO/c1-9(2)13-12-6-4-11(5-7-12)8-10(3)14/h4-7H,8H2,1-3H3. The molecule has 0 bridgehead atoms. The Balaban J connectivity index is 2.78. The molecule has 1 aromatic rings. The summed E-state index contributed by atoms with van der Waals surface area (Å²) in [7, 11) is 0. The van der Waals surface area contributed by atoms with Gasteiger partial charge in [-0.25, -0.2) is 0 Å². The third-order valence-electron chi connectivity index (χ3n) is 1.74. The molecule has 0 radical (unpaired) electrons. The summed E-state index contributed by atoms with van der Waals surface area (Å²) in [6, 6.07) is 7.77. The average Bonchev–Trinajstić information content (AvgIpc) is 2.06. The maximum Gasteiger partial charge on any atom is 0.134 e. The molecular formula is C12H15NO. The lowest BCUT2D eigenvalue weighted by molar-refractivity contribution is -0.116. The van der Waals surface area contributed by atoms with Crippen LogP contribution in [-0.4, -0.2) is 11.5 Å². The second kappa shape index (κ2) is 4.70. The fourth-order valence-corrected chi connectivity index (χ4v) is 1.23. The van der Waals surface area contributed by atoms with E-state index in [1.54, 1.807) is 6.92 Å². The van der Waals surface area contributed by atoms with E-state index >= 15 is 0 Å². The highest BCUT2D eigenvalue weighted by atomic mass is 16.1. The summed E-state index contributed by atoms with van der Waals surface area (Å²) in [5, 5.41) is 0. The minimum absolute atomic E-state index is 0.188. The zero-order valence-electron chi connectivity index (χ0n) is 8.87. The van der Waals surface area contributed by atoms with Gasteiger partial charge >= 0.3 is 0 Å². The van der Waals surface area contributed by atoms with Crippen molar-refractivity contribution < 1.29 is 4.79 Å². The Morgan fingerprint density at radius 2 is 1.71 bits per heavy atom. The van der Waals surface area contributed by atoms with E-state index in [-0.39, 0.29) is 5.78 Å². The summed E-state index contributed by atoms with van der Waals surface area (Å²) in [6.45, 7) is 5.52. The predicted octanol–water partition coefficient (Wildman–Crippen LogP) is 2.93. The van der Waals surface area contributed by atoms with Crippen molar-refractivity contribution in [2.45, 2.75) is 27.2 Å². The smallest absolute Gasteiger partial charge is 0.134 e. The van der Waals surface area contributed by atoms with Crippen LogP contribution in [0.15, 0.2) is 29.3 Å². The third kappa shape index (κ3) is 3.52. The van der Waals surface area contributed by atoms with Crippen LogP contribution in [-0.2, 0) is 11.2 Å². The first-order valence-electron chi connectivity index (χ1n) is 4.68. The van der Waals surface area contributed by atoms with Crippen molar-refractivity contribution in [3.63, 3.8) is 0 Å². The zero-order valence-corrected chi connectivity index (χ0v) is 8.87. The number of carbonyl (C=O) groups excluding carboxylic acids is 1. The van der Waals surface area contributed by atoms with Crippen molar-refractivity contribution in [3.8, 4) is 0 Å². The van der Waals surface area contributed by atoms with E-state index in [9.17, 15) is 4.79 Å². The number of carbonyl (C=O) groups is 1. The second-order valence-electron chi connectivity index (χ2n) is 3.60. The molecule has 0 fully saturated rings. The van der Waals surface area contributed by atoms with Gasteiger partial charge in [0, 0.05) is 12.1 Å². The molecule has 1 rings (SSSR count). The summed E-state index contributed by atoms with van der Waals surface area (Å²) < 4.78 is 0. The van der Waals surface area contributed by atoms with Crippen LogP contribution in [0.4, 0.5) is 5.69 Å². The number of aliphatic imine (C=N–C) groups is 1. The van der Waals surface area contributed by atoms with Gasteiger partial charge in [-0.3, -0.25) is 9.79 Å². The minimum Gasteiger partial charge on any atom is -0.300 e. The highest BCUT2D eigenvalue weighted by Crippen LogP contribution is 2.13. The number of hydrogen-bond donors (Lipinski definition) is 0. The van der Waals surface area contributed by atoms with Crippen LogP contribution >= 0.6 is 0 Å². The predicted molar refractivity (Wildman–Crippen MR) is 59.3 cm³/mol. The Morgan fingerprint density at radius 3 is 2.14 bits per heavy atom. The maximum absolute atomic E-state index is 10.8. The van der Waals surface area contributed by atoms with Crippen molar-refractivity contribution in [2.75, 3.05) is 0 Å². The van der Waals surface area contributed by atoms with Gasteiger partial charge in [-0.15, -0.1) is 0 Å². The van der Waals surface area contributed by atoms with Gasteiger partial charge in [0.25, 0.3) is 0 Å². The molecule has 0 aliphatic heterocycles. The third-order valence-corrected chi connectivity index (χ3v) is 1.74. The number of nitrogens with zero attached hydrogens (tertiary/aromatic N) is 1. The van der Waals surface area contributed by atoms with Crippen LogP contribution < -0.4 is 0 Å². The molecule has 14 heavy (non-hydrogen) atoms. The van der Waals surface area contributed by atoms with Crippen molar-refractivity contribution in [2.24, 2.45) is 4.99 Å². The highest BCUT2D eigenvalue weighted by Gasteiger charge is 1.96. The van der Waals surface area contributed by atoms with Gasteiger partial charge < -0.3 is 0 Å². The quantitative estimate of drug-likeness (QED) is 0.672. The first-order chi connectivity index (χ1) is 6.58. The van der Waals surface area contributed by atoms with Gasteiger partial charge in [0.1, 0.15) is 5.78 Å². The van der Waals surface area contributed by atoms with Crippen LogP contribution in [0.2, 0.25) is 0 Å². The lowest BCUT2D eigenvalue weighted by Gasteiger charge is -1.99. The number of hydrogen-bond acceptors (Lipinski definition) is 2. The van der Waals surface area contributed by atoms with Crippen molar-refractivity contribution in [1.29, 1.82) is 0 Å². The van der Waals surface area contributed by atoms with Crippen LogP contribution in [0, 0.1) is 0 Å². The summed E-state index contributed by atoms with van der Waals surface area (Å²) in [5.74, 6) is 0.188. The fourth-order valence-electron chi connectivity index (χ4n) is 1.23. The molecule has 0 saturated carbocycles. The molecule has 0 aromatic heterocycles. The van der Waals surface area contributed by atoms with Crippen molar-refractivity contribution in [1.82, 2.24) is 0 Å². The van der Waals surface area contributed by atoms with Gasteiger partial charge in [0.2, 0.25) is 0 Å². The summed E-state index contributed by atoms with van der Waals surface area (Å²) in [4.78, 5) is 15.2. The number of rotatable bonds is 3. The number of Topliss-reactive ketones (excluding diaryl/α,β-unsaturated/α-hetero) is 1. The summed E-state index contributed by atoms with van der Waals surface area (Å²) in [6.07, 6.45) is 0.509. The van der Waals surface area contributed by atoms with E-state index in [0.717, 1.165) is 17.0 Å². The Morgan fingerprint density at radius 1 is 1.14 bits per heavy atom. The first kappa shape index (κ1) is 10.6. The van der Waals surface area contributed by atoms with Crippen LogP contribution in [0.25, 0.3) is 0 Å². The van der Waals surface area contributed by atoms with Gasteiger partial charge in [-0.05, 0) is 38.5 Å². The molecule has 0 aliphatic rings. The Kier molecular flexibility index (Phi) is 3.57. The average molecular weight is 189 g/mol. The molecule has 0 saturated heterocycles. The highest BCUT2D eigenvalue weighted by molar-refractivity contribution is 5.82. The van der Waals surface area contributed by atoms with Crippen LogP contribution in [0.3, 0.4) is 0 Å². The molecule has 0 aliphatic carbocycles. The normalized spacial score (nSPS) is 9.64. The second-order valence-corrected chi connectivity index (χ2v) is 3.60. The molecular weight excluding hydrogens is 174 g/mol. The molecule has 2 nitrogen and oxygen atoms in total. The first-order valence-corrected chi connectivity index (χ1v) is 4.68. The van der Waals surface area contributed by atoms with Crippen molar-refractivity contribution >= 4 is 17.2 Å². The Hall–Kier alpha value is -1.44. The Bertz CT molecular complexity index is 345. The van der Waals surface area contributed by atoms with Crippen LogP contribution in [0.1, 0.15) is 26.3 Å². The maximum atomic E-state index is 10.8. The number of benzene rings is 1. The SMILES string of the molecule is CC(=O)Cc1ccc(N=C(C)C)cc1. The molecule has 74 valence electrons. The lowest BCUT2D eigenvalue weighted by Crippen LogP contribution is -1.95.